The number of benzene rings is 1. The number of nitrogens with zero attached hydrogens (tertiary/aromatic N) is 3. The minimum Gasteiger partial charge on any atom is -0.355 e. The fourth-order valence-corrected chi connectivity index (χ4v) is 5.15. The summed E-state index contributed by atoms with van der Waals surface area (Å²) in [6, 6.07) is 6.93. The third kappa shape index (κ3) is 3.71. The van der Waals surface area contributed by atoms with Crippen LogP contribution >= 0.6 is 0 Å². The second kappa shape index (κ2) is 7.21. The molecule has 1 aromatic carbocycles. The van der Waals surface area contributed by atoms with Gasteiger partial charge in [-0.25, -0.2) is 5.01 Å². The monoisotopic (exact) mass is 392 g/mol. The molecule has 1 aromatic rings. The largest absolute Gasteiger partial charge is 0.355 e. The Morgan fingerprint density at radius 3 is 2.52 bits per heavy atom. The number of sulfonamides is 1. The Morgan fingerprint density at radius 1 is 1.15 bits per heavy atom. The van der Waals surface area contributed by atoms with Gasteiger partial charge >= 0.3 is 0 Å². The van der Waals surface area contributed by atoms with Crippen molar-refractivity contribution < 1.29 is 18.1 Å². The molecule has 3 aliphatic rings. The smallest absolute Gasteiger partial charge is 0.285 e. The Kier molecular flexibility index (Phi) is 4.92. The topological polar surface area (TPSA) is 86.5 Å². The van der Waals surface area contributed by atoms with Gasteiger partial charge in [0.1, 0.15) is 4.90 Å². The van der Waals surface area contributed by atoms with Crippen LogP contribution in [0.15, 0.2) is 33.6 Å². The van der Waals surface area contributed by atoms with Crippen LogP contribution in [0.5, 0.6) is 0 Å². The Hall–Kier alpha value is -1.97. The van der Waals surface area contributed by atoms with E-state index in [0.717, 1.165) is 26.2 Å². The average molecular weight is 393 g/mol. The normalized spacial score (nSPS) is 23.7. The Labute approximate surface area is 159 Å². The van der Waals surface area contributed by atoms with Gasteiger partial charge in [-0.3, -0.25) is 10.2 Å². The summed E-state index contributed by atoms with van der Waals surface area (Å²) in [6.07, 6.45) is 1.40. The number of likely N-dealkylation sites (tertiary alicyclic amines) is 1. The van der Waals surface area contributed by atoms with Crippen LogP contribution in [-0.4, -0.2) is 76.4 Å². The van der Waals surface area contributed by atoms with Gasteiger partial charge in [0.2, 0.25) is 5.91 Å². The van der Waals surface area contributed by atoms with Crippen molar-refractivity contribution >= 4 is 21.8 Å². The minimum atomic E-state index is -3.60. The first kappa shape index (κ1) is 18.4. The molecular formula is C18H26N5O3S+. The summed E-state index contributed by atoms with van der Waals surface area (Å²) in [6.45, 7) is 5.09. The van der Waals surface area contributed by atoms with Crippen molar-refractivity contribution in [2.75, 3.05) is 46.3 Å². The molecule has 2 N–H and O–H groups in total. The molecule has 0 saturated carbocycles. The quantitative estimate of drug-likeness (QED) is 0.654. The molecule has 2 fully saturated rings. The van der Waals surface area contributed by atoms with Crippen LogP contribution in [0.3, 0.4) is 0 Å². The third-order valence-corrected chi connectivity index (χ3v) is 6.99. The van der Waals surface area contributed by atoms with Gasteiger partial charge in [0, 0.05) is 24.6 Å². The summed E-state index contributed by atoms with van der Waals surface area (Å²) in [4.78, 5) is 16.3. The summed E-state index contributed by atoms with van der Waals surface area (Å²) in [5, 5.41) is 2.02. The number of hydrogen-bond acceptors (Lipinski definition) is 5. The average Bonchev–Trinajstić information content (AvgIpc) is 2.95. The molecule has 0 spiro atoms. The predicted octanol–water partition coefficient (Wildman–Crippen LogP) is -1.29. The third-order valence-electron chi connectivity index (χ3n) is 5.66. The van der Waals surface area contributed by atoms with Crippen molar-refractivity contribution in [2.45, 2.75) is 17.7 Å². The van der Waals surface area contributed by atoms with Gasteiger partial charge in [-0.15, -0.1) is 4.40 Å². The molecule has 0 aliphatic carbocycles. The van der Waals surface area contributed by atoms with Gasteiger partial charge < -0.3 is 9.80 Å². The molecule has 3 heterocycles. The number of carbonyl (C=O) groups is 1. The number of hydrazine groups is 1. The zero-order valence-corrected chi connectivity index (χ0v) is 16.3. The van der Waals surface area contributed by atoms with Crippen molar-refractivity contribution in [3.05, 3.63) is 29.8 Å². The zero-order chi connectivity index (χ0) is 19.0. The maximum absolute atomic E-state index is 12.6. The van der Waals surface area contributed by atoms with Gasteiger partial charge in [-0.05, 0) is 25.0 Å². The van der Waals surface area contributed by atoms with E-state index in [4.69, 9.17) is 0 Å². The minimum absolute atomic E-state index is 0.0397. The van der Waals surface area contributed by atoms with E-state index < -0.39 is 10.0 Å². The molecule has 27 heavy (non-hydrogen) atoms. The van der Waals surface area contributed by atoms with E-state index in [1.807, 2.05) is 16.0 Å². The van der Waals surface area contributed by atoms with Crippen LogP contribution in [0.2, 0.25) is 0 Å². The number of fused-ring (bicyclic) bond motifs is 1. The van der Waals surface area contributed by atoms with Crippen LogP contribution in [0.4, 0.5) is 0 Å². The molecule has 0 bridgehead atoms. The highest BCUT2D eigenvalue weighted by atomic mass is 32.2. The Morgan fingerprint density at radius 2 is 1.81 bits per heavy atom. The first-order valence-electron chi connectivity index (χ1n) is 9.50. The molecule has 0 aromatic heterocycles. The van der Waals surface area contributed by atoms with E-state index in [2.05, 4.69) is 16.9 Å². The fraction of sp³-hybridized carbons (Fsp3) is 0.556. The van der Waals surface area contributed by atoms with E-state index in [-0.39, 0.29) is 16.7 Å². The van der Waals surface area contributed by atoms with Crippen molar-refractivity contribution in [1.82, 2.24) is 15.3 Å². The number of rotatable bonds is 2. The predicted molar refractivity (Wildman–Crippen MR) is 101 cm³/mol. The Bertz CT molecular complexity index is 854. The summed E-state index contributed by atoms with van der Waals surface area (Å²) in [5.41, 5.74) is 3.73. The molecule has 146 valence electrons. The van der Waals surface area contributed by atoms with Crippen molar-refractivity contribution in [3.8, 4) is 0 Å². The number of amides is 1. The molecule has 8 nitrogen and oxygen atoms in total. The van der Waals surface area contributed by atoms with Gasteiger partial charge in [-0.1, -0.05) is 12.1 Å². The molecule has 9 heteroatoms. The summed E-state index contributed by atoms with van der Waals surface area (Å²) >= 11 is 0. The van der Waals surface area contributed by atoms with Crippen molar-refractivity contribution in [1.29, 1.82) is 0 Å². The maximum Gasteiger partial charge on any atom is 0.285 e. The number of piperidine rings is 1. The highest BCUT2D eigenvalue weighted by molar-refractivity contribution is 7.90. The number of amidine groups is 1. The highest BCUT2D eigenvalue weighted by Gasteiger charge is 2.34. The lowest BCUT2D eigenvalue weighted by Gasteiger charge is -2.35. The summed E-state index contributed by atoms with van der Waals surface area (Å²) in [5.74, 6) is 0.559. The van der Waals surface area contributed by atoms with Crippen LogP contribution in [-0.2, 0) is 14.8 Å². The lowest BCUT2D eigenvalue weighted by atomic mass is 9.95. The second-order valence-corrected chi connectivity index (χ2v) is 9.14. The second-order valence-electron chi connectivity index (χ2n) is 7.57. The van der Waals surface area contributed by atoms with Crippen LogP contribution in [0.1, 0.15) is 18.4 Å². The number of carbonyl (C=O) groups excluding carboxylic acids is 1. The van der Waals surface area contributed by atoms with Crippen LogP contribution in [0, 0.1) is 5.92 Å². The standard InChI is InChI=1S/C18H25N5O3S/c1-21-10-12-23(13-11-21)19-18(24)14-6-8-22(9-7-14)17-15-4-2-3-5-16(15)27(25,26)20-17/h2-5,14H,6-13H2,1H3,(H,19,24)/p+1. The van der Waals surface area contributed by atoms with E-state index in [0.29, 0.717) is 37.3 Å². The zero-order valence-electron chi connectivity index (χ0n) is 15.5. The van der Waals surface area contributed by atoms with Crippen molar-refractivity contribution in [2.24, 2.45) is 10.3 Å². The SMILES string of the molecule is C[NH+]1CCN(NC(=O)C2CCN(C3=NS(=O)(=O)c4ccccc43)CC2)CC1. The van der Waals surface area contributed by atoms with Crippen molar-refractivity contribution in [3.63, 3.8) is 0 Å². The lowest BCUT2D eigenvalue weighted by molar-refractivity contribution is -0.884. The van der Waals surface area contributed by atoms with E-state index in [9.17, 15) is 13.2 Å². The number of likely N-dealkylation sites (N-methyl/N-ethyl adjacent to an activating group) is 1. The highest BCUT2D eigenvalue weighted by Crippen LogP contribution is 2.29. The van der Waals surface area contributed by atoms with E-state index >= 15 is 0 Å². The van der Waals surface area contributed by atoms with Crippen LogP contribution in [0.25, 0.3) is 0 Å². The first-order valence-corrected chi connectivity index (χ1v) is 10.9. The molecule has 2 saturated heterocycles. The lowest BCUT2D eigenvalue weighted by Crippen LogP contribution is -3.12. The van der Waals surface area contributed by atoms with Gasteiger partial charge in [-0.2, -0.15) is 8.42 Å². The molecule has 0 radical (unpaired) electrons. The fourth-order valence-electron chi connectivity index (χ4n) is 3.92. The molecular weight excluding hydrogens is 366 g/mol. The summed E-state index contributed by atoms with van der Waals surface area (Å²) < 4.78 is 28.5. The molecule has 3 aliphatic heterocycles. The first-order chi connectivity index (χ1) is 12.9. The number of hydrogen-bond donors (Lipinski definition) is 2. The molecule has 0 atom stereocenters. The molecule has 0 unspecified atom stereocenters. The van der Waals surface area contributed by atoms with Gasteiger partial charge in [0.25, 0.3) is 10.0 Å². The molecule has 4 rings (SSSR count). The maximum atomic E-state index is 12.6. The number of quaternary nitrogens is 1. The number of piperazine rings is 1. The Balaban J connectivity index is 1.36. The summed E-state index contributed by atoms with van der Waals surface area (Å²) in [7, 11) is -1.43. The van der Waals surface area contributed by atoms with Gasteiger partial charge in [0.15, 0.2) is 5.84 Å². The van der Waals surface area contributed by atoms with E-state index in [1.54, 1.807) is 18.2 Å². The molecule has 1 amide bonds. The van der Waals surface area contributed by atoms with Crippen LogP contribution < -0.4 is 10.3 Å². The number of nitrogens with one attached hydrogen (secondary N) is 2. The van der Waals surface area contributed by atoms with Gasteiger partial charge in [0.05, 0.1) is 33.2 Å². The van der Waals surface area contributed by atoms with E-state index in [1.165, 1.54) is 4.90 Å².